The summed E-state index contributed by atoms with van der Waals surface area (Å²) in [6, 6.07) is -0.323. The monoisotopic (exact) mass is 297 g/mol. The number of hydrogen-bond donors (Lipinski definition) is 2. The van der Waals surface area contributed by atoms with Crippen LogP contribution in [0.2, 0.25) is 0 Å². The first-order valence-electron chi connectivity index (χ1n) is 8.59. The lowest BCUT2D eigenvalue weighted by atomic mass is 9.85. The minimum absolute atomic E-state index is 0.0301. The predicted molar refractivity (Wildman–Crippen MR) is 84.1 cm³/mol. The highest BCUT2D eigenvalue weighted by Crippen LogP contribution is 2.26. The van der Waals surface area contributed by atoms with E-state index in [-0.39, 0.29) is 11.9 Å². The van der Waals surface area contributed by atoms with E-state index in [1.54, 1.807) is 0 Å². The van der Waals surface area contributed by atoms with Crippen LogP contribution in [0.3, 0.4) is 0 Å². The number of rotatable bonds is 7. The molecule has 0 bridgehead atoms. The van der Waals surface area contributed by atoms with Crippen molar-refractivity contribution in [1.29, 1.82) is 0 Å². The van der Waals surface area contributed by atoms with Crippen LogP contribution in [-0.4, -0.2) is 56.2 Å². The van der Waals surface area contributed by atoms with Crippen molar-refractivity contribution in [2.75, 3.05) is 39.4 Å². The normalized spacial score (nSPS) is 22.9. The van der Waals surface area contributed by atoms with Crippen molar-refractivity contribution < 1.29 is 9.53 Å². The lowest BCUT2D eigenvalue weighted by molar-refractivity contribution is -0.122. The van der Waals surface area contributed by atoms with Gasteiger partial charge in [0.05, 0.1) is 19.3 Å². The van der Waals surface area contributed by atoms with Crippen LogP contribution < -0.4 is 11.1 Å². The Morgan fingerprint density at radius 2 is 1.95 bits per heavy atom. The van der Waals surface area contributed by atoms with E-state index >= 15 is 0 Å². The van der Waals surface area contributed by atoms with Gasteiger partial charge in [0.1, 0.15) is 0 Å². The van der Waals surface area contributed by atoms with Gasteiger partial charge in [0.2, 0.25) is 5.91 Å². The summed E-state index contributed by atoms with van der Waals surface area (Å²) in [4.78, 5) is 14.4. The first-order valence-corrected chi connectivity index (χ1v) is 8.59. The summed E-state index contributed by atoms with van der Waals surface area (Å²) in [5.74, 6) is 0.690. The zero-order valence-corrected chi connectivity index (χ0v) is 13.2. The molecule has 1 amide bonds. The SMILES string of the molecule is N[C@@H](CC1CCCCC1)C(=O)NCCCN1CCOCC1. The fourth-order valence-electron chi connectivity index (χ4n) is 3.36. The third-order valence-corrected chi connectivity index (χ3v) is 4.70. The Kier molecular flexibility index (Phi) is 7.47. The van der Waals surface area contributed by atoms with E-state index in [9.17, 15) is 4.79 Å². The molecule has 0 unspecified atom stereocenters. The molecule has 0 aromatic heterocycles. The molecule has 0 spiro atoms. The molecule has 2 aliphatic rings. The Bertz CT molecular complexity index is 300. The lowest BCUT2D eigenvalue weighted by Crippen LogP contribution is -2.43. The summed E-state index contributed by atoms with van der Waals surface area (Å²) in [6.45, 7) is 5.44. The van der Waals surface area contributed by atoms with Gasteiger partial charge in [0.15, 0.2) is 0 Å². The molecule has 2 rings (SSSR count). The summed E-state index contributed by atoms with van der Waals surface area (Å²) in [6.07, 6.45) is 8.30. The first-order chi connectivity index (χ1) is 10.3. The largest absolute Gasteiger partial charge is 0.379 e. The van der Waals surface area contributed by atoms with Crippen molar-refractivity contribution in [1.82, 2.24) is 10.2 Å². The summed E-state index contributed by atoms with van der Waals surface area (Å²) in [7, 11) is 0. The number of nitrogens with one attached hydrogen (secondary N) is 1. The van der Waals surface area contributed by atoms with E-state index in [1.165, 1.54) is 32.1 Å². The summed E-state index contributed by atoms with van der Waals surface area (Å²) in [5.41, 5.74) is 6.03. The molecule has 0 aromatic carbocycles. The molecule has 5 nitrogen and oxygen atoms in total. The highest BCUT2D eigenvalue weighted by Gasteiger charge is 2.21. The lowest BCUT2D eigenvalue weighted by Gasteiger charge is -2.26. The van der Waals surface area contributed by atoms with Gasteiger partial charge in [-0.15, -0.1) is 0 Å². The fourth-order valence-corrected chi connectivity index (χ4v) is 3.36. The number of hydrogen-bond acceptors (Lipinski definition) is 4. The number of amides is 1. The zero-order chi connectivity index (χ0) is 14.9. The third-order valence-electron chi connectivity index (χ3n) is 4.70. The van der Waals surface area contributed by atoms with Crippen LogP contribution in [0.1, 0.15) is 44.9 Å². The maximum absolute atomic E-state index is 12.0. The van der Waals surface area contributed by atoms with Gasteiger partial charge in [-0.25, -0.2) is 0 Å². The van der Waals surface area contributed by atoms with E-state index in [0.29, 0.717) is 5.92 Å². The molecule has 0 aromatic rings. The minimum atomic E-state index is -0.323. The van der Waals surface area contributed by atoms with E-state index in [0.717, 1.165) is 52.2 Å². The van der Waals surface area contributed by atoms with Crippen LogP contribution in [-0.2, 0) is 9.53 Å². The molecule has 0 radical (unpaired) electrons. The van der Waals surface area contributed by atoms with E-state index in [1.807, 2.05) is 0 Å². The van der Waals surface area contributed by atoms with Gasteiger partial charge in [-0.1, -0.05) is 32.1 Å². The van der Waals surface area contributed by atoms with Crippen molar-refractivity contribution in [2.45, 2.75) is 51.0 Å². The third kappa shape index (κ3) is 6.32. The Morgan fingerprint density at radius 1 is 1.24 bits per heavy atom. The highest BCUT2D eigenvalue weighted by molar-refractivity contribution is 5.81. The zero-order valence-electron chi connectivity index (χ0n) is 13.2. The molecule has 122 valence electrons. The number of nitrogens with two attached hydrogens (primary N) is 1. The van der Waals surface area contributed by atoms with Gasteiger partial charge in [-0.05, 0) is 25.3 Å². The Balaban J connectivity index is 1.53. The molecule has 1 aliphatic carbocycles. The summed E-state index contributed by atoms with van der Waals surface area (Å²) < 4.78 is 5.32. The second kappa shape index (κ2) is 9.38. The molecule has 3 N–H and O–H groups in total. The van der Waals surface area contributed by atoms with Crippen LogP contribution in [0.5, 0.6) is 0 Å². The average molecular weight is 297 g/mol. The van der Waals surface area contributed by atoms with E-state index < -0.39 is 0 Å². The van der Waals surface area contributed by atoms with Crippen molar-refractivity contribution in [3.05, 3.63) is 0 Å². The molecule has 2 fully saturated rings. The molecular formula is C16H31N3O2. The maximum atomic E-state index is 12.0. The number of morpholine rings is 1. The molecule has 1 aliphatic heterocycles. The molecule has 5 heteroatoms. The maximum Gasteiger partial charge on any atom is 0.236 e. The first kappa shape index (κ1) is 16.7. The van der Waals surface area contributed by atoms with Crippen LogP contribution in [0.25, 0.3) is 0 Å². The minimum Gasteiger partial charge on any atom is -0.379 e. The van der Waals surface area contributed by atoms with Crippen molar-refractivity contribution in [3.63, 3.8) is 0 Å². The molecule has 21 heavy (non-hydrogen) atoms. The number of carbonyl (C=O) groups is 1. The quantitative estimate of drug-likeness (QED) is 0.691. The van der Waals surface area contributed by atoms with Gasteiger partial charge >= 0.3 is 0 Å². The Morgan fingerprint density at radius 3 is 2.67 bits per heavy atom. The number of nitrogens with zero attached hydrogens (tertiary/aromatic N) is 1. The van der Waals surface area contributed by atoms with E-state index in [4.69, 9.17) is 10.5 Å². The van der Waals surface area contributed by atoms with E-state index in [2.05, 4.69) is 10.2 Å². The van der Waals surface area contributed by atoms with Gasteiger partial charge in [-0.3, -0.25) is 9.69 Å². The smallest absolute Gasteiger partial charge is 0.236 e. The molecule has 1 atom stereocenters. The fraction of sp³-hybridized carbons (Fsp3) is 0.938. The second-order valence-corrected chi connectivity index (χ2v) is 6.44. The molecule has 1 saturated carbocycles. The van der Waals surface area contributed by atoms with Gasteiger partial charge in [0, 0.05) is 19.6 Å². The number of ether oxygens (including phenoxy) is 1. The molecule has 1 saturated heterocycles. The summed E-state index contributed by atoms with van der Waals surface area (Å²) in [5, 5.41) is 2.99. The van der Waals surface area contributed by atoms with Crippen LogP contribution in [0, 0.1) is 5.92 Å². The Hall–Kier alpha value is -0.650. The van der Waals surface area contributed by atoms with Crippen LogP contribution in [0.15, 0.2) is 0 Å². The van der Waals surface area contributed by atoms with Gasteiger partial charge in [-0.2, -0.15) is 0 Å². The van der Waals surface area contributed by atoms with Crippen molar-refractivity contribution >= 4 is 5.91 Å². The molecular weight excluding hydrogens is 266 g/mol. The standard InChI is InChI=1S/C16H31N3O2/c17-15(13-14-5-2-1-3-6-14)16(20)18-7-4-8-19-9-11-21-12-10-19/h14-15H,1-13,17H2,(H,18,20)/t15-/m0/s1. The topological polar surface area (TPSA) is 67.6 Å². The summed E-state index contributed by atoms with van der Waals surface area (Å²) >= 11 is 0. The second-order valence-electron chi connectivity index (χ2n) is 6.44. The van der Waals surface area contributed by atoms with Crippen molar-refractivity contribution in [3.8, 4) is 0 Å². The van der Waals surface area contributed by atoms with Gasteiger partial charge in [0.25, 0.3) is 0 Å². The van der Waals surface area contributed by atoms with Crippen LogP contribution in [0.4, 0.5) is 0 Å². The Labute approximate surface area is 128 Å². The van der Waals surface area contributed by atoms with Crippen molar-refractivity contribution in [2.24, 2.45) is 11.7 Å². The van der Waals surface area contributed by atoms with Crippen LogP contribution >= 0.6 is 0 Å². The average Bonchev–Trinajstić information content (AvgIpc) is 2.53. The van der Waals surface area contributed by atoms with Gasteiger partial charge < -0.3 is 15.8 Å². The predicted octanol–water partition coefficient (Wildman–Crippen LogP) is 1.12. The highest BCUT2D eigenvalue weighted by atomic mass is 16.5. The number of carbonyl (C=O) groups excluding carboxylic acids is 1. The molecule has 1 heterocycles.